The quantitative estimate of drug-likeness (QED) is 0.680. The van der Waals surface area contributed by atoms with E-state index >= 15 is 0 Å². The molecule has 1 aliphatic rings. The van der Waals surface area contributed by atoms with Gasteiger partial charge in [-0.15, -0.1) is 0 Å². The summed E-state index contributed by atoms with van der Waals surface area (Å²) in [5.41, 5.74) is 2.16. The van der Waals surface area contributed by atoms with Crippen molar-refractivity contribution in [1.29, 1.82) is 0 Å². The molecule has 1 aromatic rings. The maximum atomic E-state index is 13.3. The lowest BCUT2D eigenvalue weighted by atomic mass is 10.00. The normalized spacial score (nSPS) is 14.7. The number of likely N-dealkylation sites (N-methyl/N-ethyl adjacent to an activating group) is 1. The SMILES string of the molecule is CC(C)NC(=NCC(=O)N(C)C)N1CCc2cc(F)ccc2C1. The van der Waals surface area contributed by atoms with Gasteiger partial charge < -0.3 is 15.1 Å². The van der Waals surface area contributed by atoms with Gasteiger partial charge in [-0.1, -0.05) is 6.07 Å². The Morgan fingerprint density at radius 3 is 2.78 bits per heavy atom. The van der Waals surface area contributed by atoms with Crippen LogP contribution in [0.25, 0.3) is 0 Å². The molecule has 0 aromatic heterocycles. The van der Waals surface area contributed by atoms with E-state index in [1.807, 2.05) is 19.9 Å². The fourth-order valence-electron chi connectivity index (χ4n) is 2.48. The van der Waals surface area contributed by atoms with Crippen LogP contribution in [-0.4, -0.2) is 54.9 Å². The maximum Gasteiger partial charge on any atom is 0.243 e. The Bertz CT molecular complexity index is 598. The van der Waals surface area contributed by atoms with Crippen molar-refractivity contribution in [3.05, 3.63) is 35.1 Å². The molecule has 1 heterocycles. The van der Waals surface area contributed by atoms with Crippen LogP contribution in [0.3, 0.4) is 0 Å². The zero-order valence-electron chi connectivity index (χ0n) is 14.3. The first kappa shape index (κ1) is 17.2. The minimum Gasteiger partial charge on any atom is -0.354 e. The number of carbonyl (C=O) groups excluding carboxylic acids is 1. The van der Waals surface area contributed by atoms with E-state index in [0.717, 1.165) is 30.1 Å². The summed E-state index contributed by atoms with van der Waals surface area (Å²) < 4.78 is 13.3. The van der Waals surface area contributed by atoms with Crippen LogP contribution in [0.4, 0.5) is 4.39 Å². The van der Waals surface area contributed by atoms with Crippen molar-refractivity contribution in [1.82, 2.24) is 15.1 Å². The number of nitrogens with one attached hydrogen (secondary N) is 1. The number of hydrogen-bond donors (Lipinski definition) is 1. The summed E-state index contributed by atoms with van der Waals surface area (Å²) in [7, 11) is 3.44. The highest BCUT2D eigenvalue weighted by atomic mass is 19.1. The number of carbonyl (C=O) groups is 1. The third kappa shape index (κ3) is 4.68. The van der Waals surface area contributed by atoms with Gasteiger partial charge in [0.15, 0.2) is 5.96 Å². The van der Waals surface area contributed by atoms with E-state index in [4.69, 9.17) is 0 Å². The summed E-state index contributed by atoms with van der Waals surface area (Å²) in [5.74, 6) is 0.501. The Hall–Kier alpha value is -2.11. The molecule has 1 aromatic carbocycles. The molecule has 23 heavy (non-hydrogen) atoms. The monoisotopic (exact) mass is 320 g/mol. The molecule has 0 atom stereocenters. The molecular weight excluding hydrogens is 295 g/mol. The van der Waals surface area contributed by atoms with Gasteiger partial charge in [0.25, 0.3) is 0 Å². The first-order chi connectivity index (χ1) is 10.9. The fraction of sp³-hybridized carbons (Fsp3) is 0.529. The van der Waals surface area contributed by atoms with Gasteiger partial charge in [0.1, 0.15) is 12.4 Å². The van der Waals surface area contributed by atoms with Crippen molar-refractivity contribution >= 4 is 11.9 Å². The Labute approximate surface area is 137 Å². The Morgan fingerprint density at radius 1 is 1.39 bits per heavy atom. The van der Waals surface area contributed by atoms with E-state index in [2.05, 4.69) is 15.2 Å². The van der Waals surface area contributed by atoms with Crippen LogP contribution in [0, 0.1) is 5.82 Å². The van der Waals surface area contributed by atoms with Crippen molar-refractivity contribution in [3.8, 4) is 0 Å². The lowest BCUT2D eigenvalue weighted by Crippen LogP contribution is -2.47. The fourth-order valence-corrected chi connectivity index (χ4v) is 2.48. The maximum absolute atomic E-state index is 13.3. The number of guanidine groups is 1. The second-order valence-corrected chi connectivity index (χ2v) is 6.31. The molecule has 0 spiro atoms. The average molecular weight is 320 g/mol. The van der Waals surface area contributed by atoms with Crippen molar-refractivity contribution in [2.24, 2.45) is 4.99 Å². The molecule has 0 fully saturated rings. The number of benzene rings is 1. The van der Waals surface area contributed by atoms with Crippen LogP contribution < -0.4 is 5.32 Å². The summed E-state index contributed by atoms with van der Waals surface area (Å²) >= 11 is 0. The molecule has 1 N–H and O–H groups in total. The van der Waals surface area contributed by atoms with Crippen LogP contribution in [-0.2, 0) is 17.8 Å². The highest BCUT2D eigenvalue weighted by molar-refractivity contribution is 5.85. The number of amides is 1. The van der Waals surface area contributed by atoms with Gasteiger partial charge in [-0.05, 0) is 43.5 Å². The molecule has 126 valence electrons. The minimum absolute atomic E-state index is 0.0347. The number of halogens is 1. The van der Waals surface area contributed by atoms with E-state index in [0.29, 0.717) is 6.54 Å². The smallest absolute Gasteiger partial charge is 0.243 e. The second-order valence-electron chi connectivity index (χ2n) is 6.31. The van der Waals surface area contributed by atoms with Gasteiger partial charge in [-0.25, -0.2) is 9.38 Å². The highest BCUT2D eigenvalue weighted by Gasteiger charge is 2.20. The lowest BCUT2D eigenvalue weighted by molar-refractivity contribution is -0.127. The molecule has 1 aliphatic heterocycles. The van der Waals surface area contributed by atoms with E-state index in [1.54, 1.807) is 20.2 Å². The molecule has 0 saturated carbocycles. The Morgan fingerprint density at radius 2 is 2.13 bits per heavy atom. The number of nitrogens with zero attached hydrogens (tertiary/aromatic N) is 3. The molecule has 1 amide bonds. The zero-order chi connectivity index (χ0) is 17.0. The van der Waals surface area contributed by atoms with Gasteiger partial charge in [0.2, 0.25) is 5.91 Å². The topological polar surface area (TPSA) is 47.9 Å². The van der Waals surface area contributed by atoms with Crippen molar-refractivity contribution in [2.45, 2.75) is 32.9 Å². The molecular formula is C17H25FN4O. The summed E-state index contributed by atoms with van der Waals surface area (Å²) in [6.07, 6.45) is 0.771. The van der Waals surface area contributed by atoms with E-state index in [-0.39, 0.29) is 24.3 Å². The van der Waals surface area contributed by atoms with E-state index in [9.17, 15) is 9.18 Å². The lowest BCUT2D eigenvalue weighted by Gasteiger charge is -2.32. The predicted octanol–water partition coefficient (Wildman–Crippen LogP) is 1.63. The van der Waals surface area contributed by atoms with E-state index < -0.39 is 0 Å². The van der Waals surface area contributed by atoms with Crippen LogP contribution in [0.2, 0.25) is 0 Å². The van der Waals surface area contributed by atoms with Gasteiger partial charge in [0.05, 0.1) is 0 Å². The van der Waals surface area contributed by atoms with Crippen LogP contribution in [0.15, 0.2) is 23.2 Å². The molecule has 6 heteroatoms. The highest BCUT2D eigenvalue weighted by Crippen LogP contribution is 2.20. The van der Waals surface area contributed by atoms with Gasteiger partial charge >= 0.3 is 0 Å². The second kappa shape index (κ2) is 7.44. The molecule has 0 unspecified atom stereocenters. The first-order valence-corrected chi connectivity index (χ1v) is 7.90. The molecule has 5 nitrogen and oxygen atoms in total. The largest absolute Gasteiger partial charge is 0.354 e. The predicted molar refractivity (Wildman–Crippen MR) is 89.8 cm³/mol. The third-order valence-corrected chi connectivity index (χ3v) is 3.76. The van der Waals surface area contributed by atoms with Crippen LogP contribution >= 0.6 is 0 Å². The summed E-state index contributed by atoms with van der Waals surface area (Å²) in [6.45, 7) is 5.62. The van der Waals surface area contributed by atoms with Crippen LogP contribution in [0.1, 0.15) is 25.0 Å². The van der Waals surface area contributed by atoms with Gasteiger partial charge in [0, 0.05) is 33.2 Å². The van der Waals surface area contributed by atoms with Crippen molar-refractivity contribution < 1.29 is 9.18 Å². The Balaban J connectivity index is 2.15. The Kier molecular flexibility index (Phi) is 5.58. The first-order valence-electron chi connectivity index (χ1n) is 7.90. The number of fused-ring (bicyclic) bond motifs is 1. The number of rotatable bonds is 3. The number of hydrogen-bond acceptors (Lipinski definition) is 2. The summed E-state index contributed by atoms with van der Waals surface area (Å²) in [5, 5.41) is 3.32. The van der Waals surface area contributed by atoms with Gasteiger partial charge in [-0.3, -0.25) is 4.79 Å². The average Bonchev–Trinajstić information content (AvgIpc) is 2.50. The molecule has 2 rings (SSSR count). The third-order valence-electron chi connectivity index (χ3n) is 3.76. The van der Waals surface area contributed by atoms with Crippen molar-refractivity contribution in [3.63, 3.8) is 0 Å². The zero-order valence-corrected chi connectivity index (χ0v) is 14.3. The number of aliphatic imine (C=N–C) groups is 1. The van der Waals surface area contributed by atoms with Gasteiger partial charge in [-0.2, -0.15) is 0 Å². The molecule has 0 bridgehead atoms. The molecule has 0 aliphatic carbocycles. The molecule has 0 saturated heterocycles. The summed E-state index contributed by atoms with van der Waals surface area (Å²) in [4.78, 5) is 19.9. The minimum atomic E-state index is -0.192. The van der Waals surface area contributed by atoms with Crippen LogP contribution in [0.5, 0.6) is 0 Å². The van der Waals surface area contributed by atoms with Crippen molar-refractivity contribution in [2.75, 3.05) is 27.2 Å². The standard InChI is InChI=1S/C17H25FN4O/c1-12(2)20-17(19-10-16(23)21(3)4)22-8-7-13-9-15(18)6-5-14(13)11-22/h5-6,9,12H,7-8,10-11H2,1-4H3,(H,19,20). The van der Waals surface area contributed by atoms with E-state index in [1.165, 1.54) is 11.0 Å². The summed E-state index contributed by atoms with van der Waals surface area (Å²) in [6, 6.07) is 5.15. The molecule has 0 radical (unpaired) electrons.